The number of fused-ring (bicyclic) bond motifs is 5. The lowest BCUT2D eigenvalue weighted by atomic mass is 9.66. The molecule has 2 aliphatic carbocycles. The smallest absolute Gasteiger partial charge is 0.251 e. The number of rotatable bonds is 5. The Balaban J connectivity index is 1.59. The van der Waals surface area contributed by atoms with Gasteiger partial charge in [0.15, 0.2) is 0 Å². The van der Waals surface area contributed by atoms with E-state index in [1.165, 1.54) is 18.2 Å². The minimum Gasteiger partial charge on any atom is -0.389 e. The number of aromatic nitrogens is 3. The fourth-order valence-corrected chi connectivity index (χ4v) is 5.96. The van der Waals surface area contributed by atoms with Gasteiger partial charge in [0, 0.05) is 18.3 Å². The zero-order valence-corrected chi connectivity index (χ0v) is 20.2. The standard InChI is InChI=1S/C27H28F2N4O2/c1-25(2,35)14-31-24(34)15-9-11-30-21(12-15)27-10-8-17(26(27,3)4)16-13-20(32-33-23(16)27)22-18(28)6-5-7-19(22)29/h5-7,9,11-13,17,35H,8,10,14H2,1-4H3,(H,31,34)/t17-,27+/m0/s1. The van der Waals surface area contributed by atoms with E-state index < -0.39 is 22.7 Å². The summed E-state index contributed by atoms with van der Waals surface area (Å²) in [7, 11) is 0. The monoisotopic (exact) mass is 478 g/mol. The Morgan fingerprint density at radius 3 is 2.57 bits per heavy atom. The second-order valence-corrected chi connectivity index (χ2v) is 10.8. The first-order valence-corrected chi connectivity index (χ1v) is 11.8. The highest BCUT2D eigenvalue weighted by Gasteiger charge is 2.65. The van der Waals surface area contributed by atoms with Crippen LogP contribution in [0, 0.1) is 17.0 Å². The van der Waals surface area contributed by atoms with Crippen LogP contribution in [0.5, 0.6) is 0 Å². The van der Waals surface area contributed by atoms with E-state index in [1.54, 1.807) is 38.2 Å². The number of nitrogens with zero attached hydrogens (tertiary/aromatic N) is 3. The third-order valence-corrected chi connectivity index (χ3v) is 7.74. The fourth-order valence-electron chi connectivity index (χ4n) is 5.96. The molecule has 1 amide bonds. The summed E-state index contributed by atoms with van der Waals surface area (Å²) in [6, 6.07) is 8.94. The number of carbonyl (C=O) groups is 1. The number of nitrogens with one attached hydrogen (secondary N) is 1. The minimum absolute atomic E-state index is 0.107. The first-order chi connectivity index (χ1) is 16.5. The van der Waals surface area contributed by atoms with Crippen molar-refractivity contribution in [3.63, 3.8) is 0 Å². The molecule has 35 heavy (non-hydrogen) atoms. The van der Waals surface area contributed by atoms with Crippen molar-refractivity contribution >= 4 is 5.91 Å². The zero-order valence-electron chi connectivity index (χ0n) is 20.2. The summed E-state index contributed by atoms with van der Waals surface area (Å²) in [5, 5.41) is 21.5. The molecule has 5 rings (SSSR count). The van der Waals surface area contributed by atoms with Crippen molar-refractivity contribution in [1.82, 2.24) is 20.5 Å². The van der Waals surface area contributed by atoms with Gasteiger partial charge in [-0.3, -0.25) is 9.78 Å². The predicted molar refractivity (Wildman–Crippen MR) is 127 cm³/mol. The Hall–Kier alpha value is -3.26. The van der Waals surface area contributed by atoms with E-state index in [9.17, 15) is 18.7 Å². The molecule has 3 aromatic rings. The van der Waals surface area contributed by atoms with E-state index in [-0.39, 0.29) is 35.0 Å². The van der Waals surface area contributed by atoms with Crippen molar-refractivity contribution in [2.45, 2.75) is 57.5 Å². The van der Waals surface area contributed by atoms with Crippen molar-refractivity contribution in [3.8, 4) is 11.3 Å². The summed E-state index contributed by atoms with van der Waals surface area (Å²) < 4.78 is 28.9. The number of carbonyl (C=O) groups excluding carboxylic acids is 1. The Morgan fingerprint density at radius 2 is 1.89 bits per heavy atom. The van der Waals surface area contributed by atoms with Crippen molar-refractivity contribution in [1.29, 1.82) is 0 Å². The third kappa shape index (κ3) is 3.54. The van der Waals surface area contributed by atoms with Gasteiger partial charge in [0.2, 0.25) is 0 Å². The van der Waals surface area contributed by atoms with Crippen LogP contribution in [0.1, 0.15) is 73.8 Å². The summed E-state index contributed by atoms with van der Waals surface area (Å²) >= 11 is 0. The molecule has 2 N–H and O–H groups in total. The van der Waals surface area contributed by atoms with Crippen LogP contribution in [0.25, 0.3) is 11.3 Å². The van der Waals surface area contributed by atoms with E-state index >= 15 is 0 Å². The van der Waals surface area contributed by atoms with Gasteiger partial charge >= 0.3 is 0 Å². The van der Waals surface area contributed by atoms with Crippen molar-refractivity contribution in [3.05, 3.63) is 76.7 Å². The number of aliphatic hydroxyl groups is 1. The van der Waals surface area contributed by atoms with Crippen LogP contribution >= 0.6 is 0 Å². The van der Waals surface area contributed by atoms with Gasteiger partial charge in [-0.05, 0) is 73.9 Å². The SMILES string of the molecule is CC(C)(O)CNC(=O)c1ccnc([C@]23CC[C@@H](c4cc(-c5c(F)cccc5F)nnc42)C3(C)C)c1. The normalized spacial score (nSPS) is 22.2. The summed E-state index contributed by atoms with van der Waals surface area (Å²) in [6.45, 7) is 7.67. The van der Waals surface area contributed by atoms with Crippen molar-refractivity contribution in [2.75, 3.05) is 6.54 Å². The molecule has 1 saturated carbocycles. The molecule has 0 unspecified atom stereocenters. The molecule has 8 heteroatoms. The van der Waals surface area contributed by atoms with E-state index in [0.29, 0.717) is 5.56 Å². The maximum absolute atomic E-state index is 14.5. The zero-order chi connectivity index (χ0) is 25.2. The average Bonchev–Trinajstić information content (AvgIpc) is 3.18. The summed E-state index contributed by atoms with van der Waals surface area (Å²) in [5.41, 5.74) is 0.920. The number of halogens is 2. The molecule has 2 bridgehead atoms. The first-order valence-electron chi connectivity index (χ1n) is 11.8. The summed E-state index contributed by atoms with van der Waals surface area (Å²) in [5.74, 6) is -1.55. The molecule has 6 nitrogen and oxygen atoms in total. The Labute approximate surface area is 202 Å². The lowest BCUT2D eigenvalue weighted by Crippen LogP contribution is -2.39. The number of hydrogen-bond acceptors (Lipinski definition) is 5. The number of hydrogen-bond donors (Lipinski definition) is 2. The summed E-state index contributed by atoms with van der Waals surface area (Å²) in [6.07, 6.45) is 3.25. The van der Waals surface area contributed by atoms with Gasteiger partial charge < -0.3 is 10.4 Å². The van der Waals surface area contributed by atoms with Gasteiger partial charge in [0.05, 0.1) is 33.7 Å². The van der Waals surface area contributed by atoms with Gasteiger partial charge in [-0.25, -0.2) is 8.78 Å². The molecule has 2 aromatic heterocycles. The first kappa shape index (κ1) is 23.5. The molecule has 0 spiro atoms. The van der Waals surface area contributed by atoms with Crippen LogP contribution in [-0.4, -0.2) is 38.3 Å². The van der Waals surface area contributed by atoms with Crippen molar-refractivity contribution in [2.24, 2.45) is 5.41 Å². The lowest BCUT2D eigenvalue weighted by Gasteiger charge is -2.37. The third-order valence-electron chi connectivity index (χ3n) is 7.74. The molecular formula is C27H28F2N4O2. The highest BCUT2D eigenvalue weighted by atomic mass is 19.1. The van der Waals surface area contributed by atoms with Gasteiger partial charge in [-0.15, -0.1) is 5.10 Å². The van der Waals surface area contributed by atoms with Crippen LogP contribution in [0.4, 0.5) is 8.78 Å². The minimum atomic E-state index is -1.03. The average molecular weight is 479 g/mol. The van der Waals surface area contributed by atoms with Gasteiger partial charge in [0.1, 0.15) is 11.6 Å². The second-order valence-electron chi connectivity index (χ2n) is 10.8. The van der Waals surface area contributed by atoms with Gasteiger partial charge in [0.25, 0.3) is 5.91 Å². The maximum atomic E-state index is 14.5. The van der Waals surface area contributed by atoms with E-state index in [0.717, 1.165) is 29.8 Å². The Kier molecular flexibility index (Phi) is 5.29. The van der Waals surface area contributed by atoms with E-state index in [2.05, 4.69) is 34.3 Å². The van der Waals surface area contributed by atoms with Crippen LogP contribution in [0.2, 0.25) is 0 Å². The molecule has 0 aliphatic heterocycles. The molecule has 1 aromatic carbocycles. The molecular weight excluding hydrogens is 450 g/mol. The largest absolute Gasteiger partial charge is 0.389 e. The lowest BCUT2D eigenvalue weighted by molar-refractivity contribution is 0.0694. The van der Waals surface area contributed by atoms with Crippen LogP contribution in [0.15, 0.2) is 42.6 Å². The molecule has 0 radical (unpaired) electrons. The number of amides is 1. The van der Waals surface area contributed by atoms with E-state index in [4.69, 9.17) is 0 Å². The highest BCUT2D eigenvalue weighted by Crippen LogP contribution is 2.69. The number of benzene rings is 1. The molecule has 182 valence electrons. The van der Waals surface area contributed by atoms with Crippen LogP contribution in [-0.2, 0) is 5.41 Å². The van der Waals surface area contributed by atoms with Gasteiger partial charge in [-0.1, -0.05) is 19.9 Å². The molecule has 2 heterocycles. The quantitative estimate of drug-likeness (QED) is 0.563. The number of pyridine rings is 1. The van der Waals surface area contributed by atoms with E-state index in [1.807, 2.05) is 0 Å². The second kappa shape index (κ2) is 7.88. The van der Waals surface area contributed by atoms with Crippen molar-refractivity contribution < 1.29 is 18.7 Å². The molecule has 0 saturated heterocycles. The maximum Gasteiger partial charge on any atom is 0.251 e. The van der Waals surface area contributed by atoms with Crippen LogP contribution < -0.4 is 5.32 Å². The topological polar surface area (TPSA) is 88.0 Å². The molecule has 2 atom stereocenters. The molecule has 2 aliphatic rings. The predicted octanol–water partition coefficient (Wildman–Crippen LogP) is 4.52. The fraction of sp³-hybridized carbons (Fsp3) is 0.407. The van der Waals surface area contributed by atoms with Crippen LogP contribution in [0.3, 0.4) is 0 Å². The Bertz CT molecular complexity index is 1310. The Morgan fingerprint density at radius 1 is 1.17 bits per heavy atom. The van der Waals surface area contributed by atoms with Gasteiger partial charge in [-0.2, -0.15) is 5.10 Å². The molecule has 1 fully saturated rings. The summed E-state index contributed by atoms with van der Waals surface area (Å²) in [4.78, 5) is 17.5. The highest BCUT2D eigenvalue weighted by molar-refractivity contribution is 5.94.